The monoisotopic (exact) mass is 248 g/mol. The van der Waals surface area contributed by atoms with E-state index in [1.807, 2.05) is 0 Å². The van der Waals surface area contributed by atoms with Gasteiger partial charge in [0.2, 0.25) is 5.52 Å². The van der Waals surface area contributed by atoms with E-state index in [1.54, 1.807) is 6.07 Å². The van der Waals surface area contributed by atoms with Crippen molar-refractivity contribution in [2.75, 3.05) is 5.32 Å². The second kappa shape index (κ2) is 3.41. The Hall–Kier alpha value is -2.18. The first-order valence-corrected chi connectivity index (χ1v) is 5.65. The number of anilines is 1. The van der Waals surface area contributed by atoms with Crippen LogP contribution in [0, 0.1) is 15.5 Å². The fourth-order valence-corrected chi connectivity index (χ4v) is 2.02. The number of non-ortho nitro benzene ring substituents is 1. The second-order valence-electron chi connectivity index (χ2n) is 5.24. The normalized spacial score (nSPS) is 20.9. The number of benzene rings is 1. The summed E-state index contributed by atoms with van der Waals surface area (Å²) in [5, 5.41) is 21.5. The molecule has 1 saturated carbocycles. The lowest BCUT2D eigenvalue weighted by atomic mass is 10.2. The number of aromatic nitrogens is 2. The molecule has 1 atom stereocenters. The Labute approximate surface area is 102 Å². The van der Waals surface area contributed by atoms with Crippen LogP contribution < -0.4 is 5.32 Å². The lowest BCUT2D eigenvalue weighted by Gasteiger charge is -2.07. The molecule has 0 saturated heterocycles. The van der Waals surface area contributed by atoms with E-state index in [1.165, 1.54) is 6.07 Å². The first-order valence-electron chi connectivity index (χ1n) is 5.65. The highest BCUT2D eigenvalue weighted by Gasteiger charge is 2.46. The third-order valence-electron chi connectivity index (χ3n) is 3.43. The molecule has 1 aromatic heterocycles. The van der Waals surface area contributed by atoms with Crippen LogP contribution in [0.15, 0.2) is 16.8 Å². The Bertz CT molecular complexity index is 634. The highest BCUT2D eigenvalue weighted by Crippen LogP contribution is 2.47. The first kappa shape index (κ1) is 10.9. The molecule has 94 valence electrons. The number of hydrogen-bond acceptors (Lipinski definition) is 6. The maximum Gasteiger partial charge on any atom is 0.300 e. The predicted octanol–water partition coefficient (Wildman–Crippen LogP) is 2.34. The van der Waals surface area contributed by atoms with Gasteiger partial charge in [-0.05, 0) is 28.2 Å². The number of fused-ring (bicyclic) bond motifs is 1. The fourth-order valence-electron chi connectivity index (χ4n) is 2.02. The van der Waals surface area contributed by atoms with Crippen molar-refractivity contribution in [2.45, 2.75) is 26.3 Å². The van der Waals surface area contributed by atoms with Crippen LogP contribution in [-0.4, -0.2) is 21.3 Å². The van der Waals surface area contributed by atoms with Crippen molar-refractivity contribution in [3.05, 3.63) is 22.2 Å². The molecule has 2 aromatic rings. The Morgan fingerprint density at radius 3 is 2.72 bits per heavy atom. The molecule has 3 rings (SSSR count). The third-order valence-corrected chi connectivity index (χ3v) is 3.43. The molecule has 1 aromatic carbocycles. The topological polar surface area (TPSA) is 94.1 Å². The summed E-state index contributed by atoms with van der Waals surface area (Å²) in [6.07, 6.45) is 1.07. The minimum absolute atomic E-state index is 0.0909. The lowest BCUT2D eigenvalue weighted by Crippen LogP contribution is -2.08. The second-order valence-corrected chi connectivity index (χ2v) is 5.24. The molecule has 1 aliphatic carbocycles. The van der Waals surface area contributed by atoms with Crippen LogP contribution in [0.3, 0.4) is 0 Å². The minimum Gasteiger partial charge on any atom is -0.380 e. The van der Waals surface area contributed by atoms with Crippen LogP contribution in [0.2, 0.25) is 0 Å². The van der Waals surface area contributed by atoms with E-state index < -0.39 is 4.92 Å². The third kappa shape index (κ3) is 1.59. The van der Waals surface area contributed by atoms with Gasteiger partial charge < -0.3 is 5.32 Å². The molecule has 0 spiro atoms. The molecule has 1 N–H and O–H groups in total. The molecule has 1 heterocycles. The van der Waals surface area contributed by atoms with E-state index in [0.717, 1.165) is 12.1 Å². The van der Waals surface area contributed by atoms with E-state index in [2.05, 4.69) is 34.1 Å². The molecule has 7 nitrogen and oxygen atoms in total. The van der Waals surface area contributed by atoms with E-state index >= 15 is 0 Å². The SMILES string of the molecule is CC1(C)CC1Nc1ccc([N+](=O)[O-])c2nonc12. The van der Waals surface area contributed by atoms with Crippen LogP contribution in [0.5, 0.6) is 0 Å². The van der Waals surface area contributed by atoms with Gasteiger partial charge >= 0.3 is 5.69 Å². The van der Waals surface area contributed by atoms with Gasteiger partial charge in [-0.15, -0.1) is 0 Å². The first-order chi connectivity index (χ1) is 8.49. The smallest absolute Gasteiger partial charge is 0.300 e. The summed E-state index contributed by atoms with van der Waals surface area (Å²) in [4.78, 5) is 10.3. The zero-order chi connectivity index (χ0) is 12.9. The van der Waals surface area contributed by atoms with Crippen molar-refractivity contribution in [3.8, 4) is 0 Å². The van der Waals surface area contributed by atoms with E-state index in [4.69, 9.17) is 0 Å². The molecular weight excluding hydrogens is 236 g/mol. The Morgan fingerprint density at radius 1 is 1.44 bits per heavy atom. The Kier molecular flexibility index (Phi) is 2.07. The van der Waals surface area contributed by atoms with Crippen molar-refractivity contribution in [1.29, 1.82) is 0 Å². The number of nitro benzene ring substituents is 1. The van der Waals surface area contributed by atoms with Gasteiger partial charge in [-0.1, -0.05) is 13.8 Å². The van der Waals surface area contributed by atoms with Crippen LogP contribution >= 0.6 is 0 Å². The summed E-state index contributed by atoms with van der Waals surface area (Å²) in [5.41, 5.74) is 1.49. The average Bonchev–Trinajstić information content (AvgIpc) is 2.75. The summed E-state index contributed by atoms with van der Waals surface area (Å²) >= 11 is 0. The maximum atomic E-state index is 10.8. The Balaban J connectivity index is 2.01. The number of nitrogens with one attached hydrogen (secondary N) is 1. The van der Waals surface area contributed by atoms with Gasteiger partial charge in [-0.2, -0.15) is 0 Å². The maximum absolute atomic E-state index is 10.8. The Morgan fingerprint density at radius 2 is 2.11 bits per heavy atom. The van der Waals surface area contributed by atoms with Gasteiger partial charge in [-0.3, -0.25) is 10.1 Å². The van der Waals surface area contributed by atoms with Gasteiger partial charge in [-0.25, -0.2) is 4.63 Å². The summed E-state index contributed by atoms with van der Waals surface area (Å²) in [6.45, 7) is 4.32. The van der Waals surface area contributed by atoms with E-state index in [-0.39, 0.29) is 16.6 Å². The summed E-state index contributed by atoms with van der Waals surface area (Å²) < 4.78 is 4.61. The highest BCUT2D eigenvalue weighted by atomic mass is 16.6. The predicted molar refractivity (Wildman–Crippen MR) is 64.3 cm³/mol. The van der Waals surface area contributed by atoms with Crippen molar-refractivity contribution < 1.29 is 9.55 Å². The van der Waals surface area contributed by atoms with Crippen molar-refractivity contribution >= 4 is 22.4 Å². The standard InChI is InChI=1S/C11H12N4O3/c1-11(2)5-8(11)12-6-3-4-7(15(16)17)10-9(6)13-18-14-10/h3-4,8,12H,5H2,1-2H3. The molecule has 0 amide bonds. The van der Waals surface area contributed by atoms with Gasteiger partial charge in [0, 0.05) is 12.1 Å². The van der Waals surface area contributed by atoms with Gasteiger partial charge in [0.1, 0.15) is 0 Å². The molecule has 0 aliphatic heterocycles. The lowest BCUT2D eigenvalue weighted by molar-refractivity contribution is -0.383. The van der Waals surface area contributed by atoms with E-state index in [9.17, 15) is 10.1 Å². The molecule has 18 heavy (non-hydrogen) atoms. The zero-order valence-corrected chi connectivity index (χ0v) is 10.0. The summed E-state index contributed by atoms with van der Waals surface area (Å²) in [6, 6.07) is 3.43. The number of rotatable bonds is 3. The molecule has 1 aliphatic rings. The fraction of sp³-hybridized carbons (Fsp3) is 0.455. The summed E-state index contributed by atoms with van der Waals surface area (Å²) in [7, 11) is 0. The largest absolute Gasteiger partial charge is 0.380 e. The molecule has 7 heteroatoms. The van der Waals surface area contributed by atoms with Gasteiger partial charge in [0.15, 0.2) is 5.52 Å². The van der Waals surface area contributed by atoms with Crippen LogP contribution in [0.4, 0.5) is 11.4 Å². The minimum atomic E-state index is -0.489. The van der Waals surface area contributed by atoms with Crippen molar-refractivity contribution in [1.82, 2.24) is 10.3 Å². The molecule has 1 fully saturated rings. The molecular formula is C11H12N4O3. The van der Waals surface area contributed by atoms with Crippen LogP contribution in [0.1, 0.15) is 20.3 Å². The van der Waals surface area contributed by atoms with Crippen molar-refractivity contribution in [2.24, 2.45) is 5.41 Å². The van der Waals surface area contributed by atoms with Crippen LogP contribution in [-0.2, 0) is 0 Å². The van der Waals surface area contributed by atoms with Crippen molar-refractivity contribution in [3.63, 3.8) is 0 Å². The number of nitro groups is 1. The van der Waals surface area contributed by atoms with Gasteiger partial charge in [0.25, 0.3) is 0 Å². The van der Waals surface area contributed by atoms with Crippen LogP contribution in [0.25, 0.3) is 11.0 Å². The quantitative estimate of drug-likeness (QED) is 0.661. The number of nitrogens with zero attached hydrogens (tertiary/aromatic N) is 3. The summed E-state index contributed by atoms with van der Waals surface area (Å²) in [5.74, 6) is 0. The molecule has 1 unspecified atom stereocenters. The number of hydrogen-bond donors (Lipinski definition) is 1. The molecule has 0 radical (unpaired) electrons. The molecule has 0 bridgehead atoms. The zero-order valence-electron chi connectivity index (χ0n) is 10.0. The van der Waals surface area contributed by atoms with E-state index in [0.29, 0.717) is 11.6 Å². The van der Waals surface area contributed by atoms with Gasteiger partial charge in [0.05, 0.1) is 10.6 Å². The average molecular weight is 248 g/mol. The highest BCUT2D eigenvalue weighted by molar-refractivity contribution is 5.93.